The Hall–Kier alpha value is -0.610. The van der Waals surface area contributed by atoms with Crippen molar-refractivity contribution < 1.29 is 9.53 Å². The molecule has 4 heteroatoms. The molecule has 1 saturated heterocycles. The summed E-state index contributed by atoms with van der Waals surface area (Å²) in [6.45, 7) is 2.89. The van der Waals surface area contributed by atoms with Crippen molar-refractivity contribution in [2.45, 2.75) is 57.2 Å². The number of ether oxygens (including phenoxy) is 1. The Morgan fingerprint density at radius 1 is 1.50 bits per heavy atom. The van der Waals surface area contributed by atoms with Gasteiger partial charge in [0.15, 0.2) is 0 Å². The van der Waals surface area contributed by atoms with Crippen LogP contribution >= 0.6 is 0 Å². The van der Waals surface area contributed by atoms with E-state index in [4.69, 9.17) is 4.74 Å². The van der Waals surface area contributed by atoms with Crippen molar-refractivity contribution in [2.24, 2.45) is 0 Å². The van der Waals surface area contributed by atoms with E-state index in [1.165, 1.54) is 0 Å². The van der Waals surface area contributed by atoms with Gasteiger partial charge in [-0.15, -0.1) is 0 Å². The van der Waals surface area contributed by atoms with Crippen LogP contribution in [0.25, 0.3) is 0 Å². The van der Waals surface area contributed by atoms with Gasteiger partial charge in [0.2, 0.25) is 5.91 Å². The highest BCUT2D eigenvalue weighted by molar-refractivity contribution is 5.84. The minimum absolute atomic E-state index is 0.0709. The van der Waals surface area contributed by atoms with Gasteiger partial charge in [0, 0.05) is 13.2 Å². The molecule has 0 bridgehead atoms. The topological polar surface area (TPSA) is 41.6 Å². The van der Waals surface area contributed by atoms with Crippen LogP contribution in [0.1, 0.15) is 39.0 Å². The Labute approximate surface area is 97.3 Å². The number of nitrogens with one attached hydrogen (secondary N) is 1. The van der Waals surface area contributed by atoms with Gasteiger partial charge in [-0.3, -0.25) is 10.1 Å². The molecular formula is C12H22N2O2. The predicted octanol–water partition coefficient (Wildman–Crippen LogP) is 1.11. The second-order valence-corrected chi connectivity index (χ2v) is 4.85. The molecular weight excluding hydrogens is 204 g/mol. The van der Waals surface area contributed by atoms with Gasteiger partial charge in [0.25, 0.3) is 0 Å². The van der Waals surface area contributed by atoms with Crippen LogP contribution in [0.4, 0.5) is 0 Å². The van der Waals surface area contributed by atoms with Gasteiger partial charge in [-0.05, 0) is 19.3 Å². The number of nitrogens with zero attached hydrogens (tertiary/aromatic N) is 1. The zero-order chi connectivity index (χ0) is 11.5. The van der Waals surface area contributed by atoms with Crippen molar-refractivity contribution in [1.29, 1.82) is 0 Å². The third-order valence-electron chi connectivity index (χ3n) is 3.78. The van der Waals surface area contributed by atoms with E-state index in [9.17, 15) is 4.79 Å². The minimum atomic E-state index is 0.0709. The third-order valence-corrected chi connectivity index (χ3v) is 3.78. The number of hydrogen-bond donors (Lipinski definition) is 1. The molecule has 92 valence electrons. The van der Waals surface area contributed by atoms with Crippen LogP contribution in [-0.2, 0) is 9.53 Å². The van der Waals surface area contributed by atoms with Crippen molar-refractivity contribution in [3.8, 4) is 0 Å². The van der Waals surface area contributed by atoms with E-state index in [-0.39, 0.29) is 6.04 Å². The van der Waals surface area contributed by atoms with Crippen LogP contribution in [0.3, 0.4) is 0 Å². The molecule has 16 heavy (non-hydrogen) atoms. The monoisotopic (exact) mass is 226 g/mol. The van der Waals surface area contributed by atoms with Crippen LogP contribution in [0.2, 0.25) is 0 Å². The van der Waals surface area contributed by atoms with Crippen molar-refractivity contribution in [3.63, 3.8) is 0 Å². The van der Waals surface area contributed by atoms with Gasteiger partial charge >= 0.3 is 0 Å². The van der Waals surface area contributed by atoms with Gasteiger partial charge in [0.05, 0.1) is 18.8 Å². The summed E-state index contributed by atoms with van der Waals surface area (Å²) in [6, 6.07) is 0.484. The molecule has 1 atom stereocenters. The smallest absolute Gasteiger partial charge is 0.241 e. The van der Waals surface area contributed by atoms with Crippen LogP contribution in [0.15, 0.2) is 0 Å². The first-order valence-corrected chi connectivity index (χ1v) is 6.33. The molecule has 1 N–H and O–H groups in total. The first-order valence-electron chi connectivity index (χ1n) is 6.33. The number of unbranched alkanes of at least 4 members (excludes halogenated alkanes) is 1. The molecule has 0 spiro atoms. The van der Waals surface area contributed by atoms with Crippen molar-refractivity contribution in [1.82, 2.24) is 10.2 Å². The largest absolute Gasteiger partial charge is 0.381 e. The lowest BCUT2D eigenvalue weighted by atomic mass is 9.88. The summed E-state index contributed by atoms with van der Waals surface area (Å²) in [5, 5.41) is 3.31. The molecule has 4 nitrogen and oxygen atoms in total. The summed E-state index contributed by atoms with van der Waals surface area (Å²) in [7, 11) is 1.75. The minimum Gasteiger partial charge on any atom is -0.381 e. The number of carbonyl (C=O) groups is 1. The number of methoxy groups -OCH3 is 1. The van der Waals surface area contributed by atoms with E-state index in [0.29, 0.717) is 18.1 Å². The molecule has 0 aromatic rings. The van der Waals surface area contributed by atoms with Gasteiger partial charge in [-0.1, -0.05) is 19.8 Å². The highest BCUT2D eigenvalue weighted by Crippen LogP contribution is 2.29. The van der Waals surface area contributed by atoms with Crippen molar-refractivity contribution >= 4 is 5.91 Å². The second kappa shape index (κ2) is 5.15. The zero-order valence-corrected chi connectivity index (χ0v) is 10.2. The van der Waals surface area contributed by atoms with Crippen LogP contribution in [0.5, 0.6) is 0 Å². The first-order chi connectivity index (χ1) is 7.76. The summed E-state index contributed by atoms with van der Waals surface area (Å²) in [5.41, 5.74) is 0. The maximum absolute atomic E-state index is 12.1. The molecule has 1 unspecified atom stereocenters. The normalized spacial score (nSPS) is 34.2. The van der Waals surface area contributed by atoms with Crippen LogP contribution in [0, 0.1) is 0 Å². The fourth-order valence-corrected chi connectivity index (χ4v) is 2.50. The molecule has 1 aliphatic heterocycles. The molecule has 2 aliphatic rings. The Morgan fingerprint density at radius 2 is 2.25 bits per heavy atom. The summed E-state index contributed by atoms with van der Waals surface area (Å²) in [6.07, 6.45) is 5.64. The molecule has 0 aromatic heterocycles. The average Bonchev–Trinajstić information content (AvgIpc) is 2.57. The van der Waals surface area contributed by atoms with Crippen molar-refractivity contribution in [2.75, 3.05) is 13.8 Å². The second-order valence-electron chi connectivity index (χ2n) is 4.85. The standard InChI is InChI=1S/C12H22N2O2/c1-3-4-5-11-12(15)14(8-13-11)9-6-10(7-9)16-2/h9-11,13H,3-8H2,1-2H3. The molecule has 1 saturated carbocycles. The van der Waals surface area contributed by atoms with E-state index in [2.05, 4.69) is 12.2 Å². The number of hydrogen-bond acceptors (Lipinski definition) is 3. The Bertz CT molecular complexity index is 251. The Balaban J connectivity index is 1.79. The van der Waals surface area contributed by atoms with Crippen LogP contribution in [-0.4, -0.2) is 42.8 Å². The quantitative estimate of drug-likeness (QED) is 0.763. The summed E-state index contributed by atoms with van der Waals surface area (Å²) < 4.78 is 5.24. The highest BCUT2D eigenvalue weighted by atomic mass is 16.5. The Kier molecular flexibility index (Phi) is 3.82. The SMILES string of the molecule is CCCCC1NCN(C2CC(OC)C2)C1=O. The molecule has 0 aromatic carbocycles. The Morgan fingerprint density at radius 3 is 2.88 bits per heavy atom. The molecule has 1 heterocycles. The van der Waals surface area contributed by atoms with E-state index in [0.717, 1.165) is 38.8 Å². The third kappa shape index (κ3) is 2.23. The van der Waals surface area contributed by atoms with Gasteiger partial charge in [-0.2, -0.15) is 0 Å². The summed E-state index contributed by atoms with van der Waals surface area (Å²) in [5.74, 6) is 0.299. The van der Waals surface area contributed by atoms with E-state index in [1.54, 1.807) is 7.11 Å². The summed E-state index contributed by atoms with van der Waals surface area (Å²) >= 11 is 0. The average molecular weight is 226 g/mol. The first kappa shape index (κ1) is 11.9. The maximum atomic E-state index is 12.1. The number of rotatable bonds is 5. The van der Waals surface area contributed by atoms with E-state index >= 15 is 0 Å². The van der Waals surface area contributed by atoms with E-state index < -0.39 is 0 Å². The highest BCUT2D eigenvalue weighted by Gasteiger charge is 2.41. The summed E-state index contributed by atoms with van der Waals surface area (Å²) in [4.78, 5) is 14.1. The fraction of sp³-hybridized carbons (Fsp3) is 0.917. The molecule has 0 radical (unpaired) electrons. The van der Waals surface area contributed by atoms with E-state index in [1.807, 2.05) is 4.90 Å². The fourth-order valence-electron chi connectivity index (χ4n) is 2.50. The zero-order valence-electron chi connectivity index (χ0n) is 10.2. The lowest BCUT2D eigenvalue weighted by Crippen LogP contribution is -2.49. The molecule has 2 fully saturated rings. The number of amides is 1. The van der Waals surface area contributed by atoms with Gasteiger partial charge in [0.1, 0.15) is 0 Å². The van der Waals surface area contributed by atoms with Gasteiger partial charge < -0.3 is 9.64 Å². The van der Waals surface area contributed by atoms with Gasteiger partial charge in [-0.25, -0.2) is 0 Å². The molecule has 1 amide bonds. The number of carbonyl (C=O) groups excluding carboxylic acids is 1. The van der Waals surface area contributed by atoms with Crippen molar-refractivity contribution in [3.05, 3.63) is 0 Å². The lowest BCUT2D eigenvalue weighted by molar-refractivity contribution is -0.135. The molecule has 2 rings (SSSR count). The lowest BCUT2D eigenvalue weighted by Gasteiger charge is -2.39. The molecule has 1 aliphatic carbocycles. The predicted molar refractivity (Wildman–Crippen MR) is 62.0 cm³/mol. The maximum Gasteiger partial charge on any atom is 0.241 e. The van der Waals surface area contributed by atoms with Crippen LogP contribution < -0.4 is 5.32 Å².